The van der Waals surface area contributed by atoms with Crippen molar-refractivity contribution in [3.05, 3.63) is 200 Å². The van der Waals surface area contributed by atoms with Gasteiger partial charge in [0.2, 0.25) is 0 Å². The van der Waals surface area contributed by atoms with E-state index in [4.69, 9.17) is 4.42 Å². The van der Waals surface area contributed by atoms with Gasteiger partial charge in [-0.05, 0) is 110 Å². The molecule has 2 nitrogen and oxygen atoms in total. The van der Waals surface area contributed by atoms with Gasteiger partial charge in [0, 0.05) is 27.7 Å². The van der Waals surface area contributed by atoms with Crippen molar-refractivity contribution in [1.29, 1.82) is 0 Å². The summed E-state index contributed by atoms with van der Waals surface area (Å²) in [7, 11) is 0. The minimum absolute atomic E-state index is 0.885. The third-order valence-corrected chi connectivity index (χ3v) is 10.2. The number of benzene rings is 9. The average molecular weight is 664 g/mol. The molecule has 10 aromatic rings. The minimum atomic E-state index is 0.885. The molecule has 0 bridgehead atoms. The Hall–Kier alpha value is -6.90. The fourth-order valence-electron chi connectivity index (χ4n) is 7.61. The fourth-order valence-corrected chi connectivity index (χ4v) is 7.61. The normalized spacial score (nSPS) is 11.5. The highest BCUT2D eigenvalue weighted by Gasteiger charge is 2.19. The van der Waals surface area contributed by atoms with Gasteiger partial charge in [0.25, 0.3) is 0 Å². The molecule has 0 aliphatic heterocycles. The molecule has 0 saturated heterocycles. The Balaban J connectivity index is 1.12. The van der Waals surface area contributed by atoms with Crippen LogP contribution in [-0.4, -0.2) is 0 Å². The van der Waals surface area contributed by atoms with Crippen LogP contribution < -0.4 is 4.90 Å². The second-order valence-corrected chi connectivity index (χ2v) is 13.4. The van der Waals surface area contributed by atoms with Crippen molar-refractivity contribution in [3.8, 4) is 33.4 Å². The van der Waals surface area contributed by atoms with Gasteiger partial charge < -0.3 is 9.32 Å². The summed E-state index contributed by atoms with van der Waals surface area (Å²) in [4.78, 5) is 2.38. The zero-order valence-electron chi connectivity index (χ0n) is 28.4. The second-order valence-electron chi connectivity index (χ2n) is 13.4. The predicted octanol–water partition coefficient (Wildman–Crippen LogP) is 14.4. The molecule has 0 spiro atoms. The van der Waals surface area contributed by atoms with Crippen molar-refractivity contribution in [3.63, 3.8) is 0 Å². The molecule has 0 atom stereocenters. The first-order chi connectivity index (χ1) is 25.7. The molecule has 0 fully saturated rings. The molecular weight excluding hydrogens is 631 g/mol. The van der Waals surface area contributed by atoms with E-state index in [0.717, 1.165) is 39.0 Å². The predicted molar refractivity (Wildman–Crippen MR) is 220 cm³/mol. The highest BCUT2D eigenvalue weighted by atomic mass is 16.3. The molecule has 10 rings (SSSR count). The molecule has 0 unspecified atom stereocenters. The van der Waals surface area contributed by atoms with Gasteiger partial charge in [0.15, 0.2) is 0 Å². The molecule has 0 radical (unpaired) electrons. The highest BCUT2D eigenvalue weighted by molar-refractivity contribution is 6.07. The molecule has 9 aromatic carbocycles. The number of hydrogen-bond acceptors (Lipinski definition) is 2. The van der Waals surface area contributed by atoms with Gasteiger partial charge in [-0.25, -0.2) is 0 Å². The number of anilines is 3. The largest absolute Gasteiger partial charge is 0.456 e. The Kier molecular flexibility index (Phi) is 7.18. The van der Waals surface area contributed by atoms with Gasteiger partial charge in [0.05, 0.1) is 5.69 Å². The van der Waals surface area contributed by atoms with E-state index in [1.165, 1.54) is 54.9 Å². The van der Waals surface area contributed by atoms with E-state index in [1.54, 1.807) is 0 Å². The topological polar surface area (TPSA) is 16.4 Å². The zero-order chi connectivity index (χ0) is 34.4. The lowest BCUT2D eigenvalue weighted by molar-refractivity contribution is 0.669. The SMILES string of the molecule is c1ccc(-c2ccccc2N(c2ccc3ccc(-c4cccc(-c5ccc6ccccc6c5)c4)cc3c2)c2ccc3oc4ccccc4c3c2)cc1. The maximum Gasteiger partial charge on any atom is 0.135 e. The summed E-state index contributed by atoms with van der Waals surface area (Å²) in [6.07, 6.45) is 0. The summed E-state index contributed by atoms with van der Waals surface area (Å²) in [5, 5.41) is 7.11. The Morgan fingerprint density at radius 3 is 1.73 bits per heavy atom. The lowest BCUT2D eigenvalue weighted by Crippen LogP contribution is -2.11. The lowest BCUT2D eigenvalue weighted by Gasteiger charge is -2.28. The summed E-state index contributed by atoms with van der Waals surface area (Å²) in [5.41, 5.74) is 12.2. The van der Waals surface area contributed by atoms with Crippen LogP contribution in [0.5, 0.6) is 0 Å². The van der Waals surface area contributed by atoms with E-state index in [0.29, 0.717) is 0 Å². The van der Waals surface area contributed by atoms with Crippen LogP contribution in [0.3, 0.4) is 0 Å². The van der Waals surface area contributed by atoms with Crippen LogP contribution in [0.4, 0.5) is 17.1 Å². The summed E-state index contributed by atoms with van der Waals surface area (Å²) >= 11 is 0. The molecule has 244 valence electrons. The van der Waals surface area contributed by atoms with Crippen LogP contribution in [-0.2, 0) is 0 Å². The molecule has 2 heteroatoms. The molecule has 52 heavy (non-hydrogen) atoms. The highest BCUT2D eigenvalue weighted by Crippen LogP contribution is 2.43. The van der Waals surface area contributed by atoms with Gasteiger partial charge in [-0.2, -0.15) is 0 Å². The minimum Gasteiger partial charge on any atom is -0.456 e. The Morgan fingerprint density at radius 2 is 0.885 bits per heavy atom. The van der Waals surface area contributed by atoms with Crippen molar-refractivity contribution in [2.24, 2.45) is 0 Å². The number of hydrogen-bond donors (Lipinski definition) is 0. The molecule has 0 aliphatic carbocycles. The van der Waals surface area contributed by atoms with Crippen molar-refractivity contribution in [2.75, 3.05) is 4.90 Å². The number of fused-ring (bicyclic) bond motifs is 5. The quantitative estimate of drug-likeness (QED) is 0.176. The maximum absolute atomic E-state index is 6.24. The Labute approximate surface area is 302 Å². The number of para-hydroxylation sites is 2. The molecule has 1 aromatic heterocycles. The molecule has 0 N–H and O–H groups in total. The summed E-state index contributed by atoms with van der Waals surface area (Å²) < 4.78 is 6.24. The van der Waals surface area contributed by atoms with Crippen molar-refractivity contribution < 1.29 is 4.42 Å². The summed E-state index contributed by atoms with van der Waals surface area (Å²) in [6.45, 7) is 0. The van der Waals surface area contributed by atoms with Gasteiger partial charge in [-0.15, -0.1) is 0 Å². The number of rotatable bonds is 6. The first-order valence-electron chi connectivity index (χ1n) is 17.7. The molecular formula is C50H33NO. The van der Waals surface area contributed by atoms with Crippen molar-refractivity contribution >= 4 is 60.5 Å². The lowest BCUT2D eigenvalue weighted by atomic mass is 9.96. The summed E-state index contributed by atoms with van der Waals surface area (Å²) in [5.74, 6) is 0. The summed E-state index contributed by atoms with van der Waals surface area (Å²) in [6, 6.07) is 71.9. The van der Waals surface area contributed by atoms with Crippen LogP contribution in [0.1, 0.15) is 0 Å². The average Bonchev–Trinajstić information content (AvgIpc) is 3.59. The fraction of sp³-hybridized carbons (Fsp3) is 0. The van der Waals surface area contributed by atoms with Crippen LogP contribution >= 0.6 is 0 Å². The van der Waals surface area contributed by atoms with Gasteiger partial charge in [-0.3, -0.25) is 0 Å². The molecule has 1 heterocycles. The first kappa shape index (κ1) is 30.0. The van der Waals surface area contributed by atoms with E-state index in [2.05, 4.69) is 193 Å². The Bertz CT molecular complexity index is 2920. The van der Waals surface area contributed by atoms with E-state index in [1.807, 2.05) is 12.1 Å². The third kappa shape index (κ3) is 5.30. The Morgan fingerprint density at radius 1 is 0.308 bits per heavy atom. The van der Waals surface area contributed by atoms with E-state index in [-0.39, 0.29) is 0 Å². The zero-order valence-corrected chi connectivity index (χ0v) is 28.4. The molecule has 0 saturated carbocycles. The standard InChI is InChI=1S/C50H33NO/c1-2-12-36(13-3-1)45-17-6-8-19-48(45)51(44-27-28-50-47(33-44)46-18-7-9-20-49(46)52-50)43-26-25-35-22-24-41(31-42(35)32-43)39-16-10-15-38(30-39)40-23-21-34-11-4-5-14-37(34)29-40/h1-33H. The van der Waals surface area contributed by atoms with E-state index >= 15 is 0 Å². The van der Waals surface area contributed by atoms with Crippen LogP contribution in [0.15, 0.2) is 205 Å². The van der Waals surface area contributed by atoms with Gasteiger partial charge >= 0.3 is 0 Å². The van der Waals surface area contributed by atoms with Crippen LogP contribution in [0.2, 0.25) is 0 Å². The monoisotopic (exact) mass is 663 g/mol. The molecule has 0 aliphatic rings. The van der Waals surface area contributed by atoms with Gasteiger partial charge in [-0.1, -0.05) is 140 Å². The second kappa shape index (κ2) is 12.5. The maximum atomic E-state index is 6.24. The van der Waals surface area contributed by atoms with Crippen molar-refractivity contribution in [1.82, 2.24) is 0 Å². The first-order valence-corrected chi connectivity index (χ1v) is 17.7. The van der Waals surface area contributed by atoms with E-state index in [9.17, 15) is 0 Å². The molecule has 0 amide bonds. The van der Waals surface area contributed by atoms with Gasteiger partial charge in [0.1, 0.15) is 11.2 Å². The van der Waals surface area contributed by atoms with Crippen LogP contribution in [0.25, 0.3) is 76.9 Å². The number of furan rings is 1. The number of nitrogens with zero attached hydrogens (tertiary/aromatic N) is 1. The van der Waals surface area contributed by atoms with Crippen molar-refractivity contribution in [2.45, 2.75) is 0 Å². The van der Waals surface area contributed by atoms with Crippen LogP contribution in [0, 0.1) is 0 Å². The van der Waals surface area contributed by atoms with E-state index < -0.39 is 0 Å². The third-order valence-electron chi connectivity index (χ3n) is 10.2. The smallest absolute Gasteiger partial charge is 0.135 e.